The zero-order valence-corrected chi connectivity index (χ0v) is 13.0. The fourth-order valence-corrected chi connectivity index (χ4v) is 1.91. The summed E-state index contributed by atoms with van der Waals surface area (Å²) in [5.41, 5.74) is 2.28. The fraction of sp³-hybridized carbons (Fsp3) is 0.111. The van der Waals surface area contributed by atoms with E-state index in [1.54, 1.807) is 49.6 Å². The van der Waals surface area contributed by atoms with E-state index in [0.717, 1.165) is 17.0 Å². The molecule has 2 amide bonds. The van der Waals surface area contributed by atoms with Gasteiger partial charge in [-0.2, -0.15) is 0 Å². The Labute approximate surface area is 135 Å². The lowest BCUT2D eigenvalue weighted by molar-refractivity contribution is -0.114. The van der Waals surface area contributed by atoms with E-state index in [-0.39, 0.29) is 11.8 Å². The summed E-state index contributed by atoms with van der Waals surface area (Å²) in [4.78, 5) is 22.8. The lowest BCUT2D eigenvalue weighted by Gasteiger charge is -2.04. The highest BCUT2D eigenvalue weighted by Crippen LogP contribution is 2.15. The largest absolute Gasteiger partial charge is 0.497 e. The van der Waals surface area contributed by atoms with E-state index in [1.165, 1.54) is 13.0 Å². The van der Waals surface area contributed by atoms with Crippen molar-refractivity contribution in [2.45, 2.75) is 6.92 Å². The lowest BCUT2D eigenvalue weighted by atomic mass is 10.2. The smallest absolute Gasteiger partial charge is 0.248 e. The molecule has 2 aromatic rings. The molecule has 2 aromatic carbocycles. The standard InChI is InChI=1S/C18H18N2O3/c1-13(21)19-15-6-3-14(4-7-15)5-12-18(22)20-16-8-10-17(23-2)11-9-16/h3-12H,1-2H3,(H,19,21)(H,20,22)/b12-5+. The highest BCUT2D eigenvalue weighted by atomic mass is 16.5. The molecule has 5 nitrogen and oxygen atoms in total. The van der Waals surface area contributed by atoms with Crippen LogP contribution in [0, 0.1) is 0 Å². The molecule has 0 unspecified atom stereocenters. The van der Waals surface area contributed by atoms with Crippen molar-refractivity contribution in [3.05, 3.63) is 60.2 Å². The fourth-order valence-electron chi connectivity index (χ4n) is 1.91. The van der Waals surface area contributed by atoms with Crippen LogP contribution in [-0.2, 0) is 9.59 Å². The van der Waals surface area contributed by atoms with Gasteiger partial charge in [-0.05, 0) is 48.0 Å². The summed E-state index contributed by atoms with van der Waals surface area (Å²) in [5, 5.41) is 5.45. The zero-order chi connectivity index (χ0) is 16.7. The first kappa shape index (κ1) is 16.3. The van der Waals surface area contributed by atoms with Crippen LogP contribution in [0.1, 0.15) is 12.5 Å². The van der Waals surface area contributed by atoms with Gasteiger partial charge in [-0.15, -0.1) is 0 Å². The van der Waals surface area contributed by atoms with Crippen molar-refractivity contribution < 1.29 is 14.3 Å². The highest BCUT2D eigenvalue weighted by Gasteiger charge is 1.99. The van der Waals surface area contributed by atoms with E-state index < -0.39 is 0 Å². The number of nitrogens with one attached hydrogen (secondary N) is 2. The van der Waals surface area contributed by atoms with Gasteiger partial charge in [0.25, 0.3) is 0 Å². The average Bonchev–Trinajstić information content (AvgIpc) is 2.54. The normalized spacial score (nSPS) is 10.3. The Kier molecular flexibility index (Phi) is 5.52. The monoisotopic (exact) mass is 310 g/mol. The Balaban J connectivity index is 1.93. The van der Waals surface area contributed by atoms with Crippen LogP contribution in [0.5, 0.6) is 5.75 Å². The first-order chi connectivity index (χ1) is 11.1. The molecule has 2 N–H and O–H groups in total. The predicted octanol–water partition coefficient (Wildman–Crippen LogP) is 3.31. The van der Waals surface area contributed by atoms with E-state index in [2.05, 4.69) is 10.6 Å². The molecule has 0 aromatic heterocycles. The van der Waals surface area contributed by atoms with Gasteiger partial charge in [0.15, 0.2) is 0 Å². The average molecular weight is 310 g/mol. The zero-order valence-electron chi connectivity index (χ0n) is 13.0. The molecular weight excluding hydrogens is 292 g/mol. The maximum Gasteiger partial charge on any atom is 0.248 e. The van der Waals surface area contributed by atoms with Gasteiger partial charge in [-0.25, -0.2) is 0 Å². The van der Waals surface area contributed by atoms with Gasteiger partial charge in [0.1, 0.15) is 5.75 Å². The van der Waals surface area contributed by atoms with Crippen molar-refractivity contribution in [2.24, 2.45) is 0 Å². The molecule has 0 heterocycles. The van der Waals surface area contributed by atoms with Crippen LogP contribution in [0.15, 0.2) is 54.6 Å². The Morgan fingerprint density at radius 2 is 1.48 bits per heavy atom. The maximum atomic E-state index is 11.9. The molecular formula is C18H18N2O3. The highest BCUT2D eigenvalue weighted by molar-refractivity contribution is 6.02. The molecule has 0 aliphatic rings. The third-order valence-corrected chi connectivity index (χ3v) is 3.02. The number of hydrogen-bond donors (Lipinski definition) is 2. The van der Waals surface area contributed by atoms with Crippen LogP contribution in [0.3, 0.4) is 0 Å². The number of methoxy groups -OCH3 is 1. The van der Waals surface area contributed by atoms with E-state index in [4.69, 9.17) is 4.74 Å². The first-order valence-electron chi connectivity index (χ1n) is 7.07. The molecule has 23 heavy (non-hydrogen) atoms. The molecule has 0 saturated carbocycles. The number of amides is 2. The molecule has 0 bridgehead atoms. The van der Waals surface area contributed by atoms with Crippen molar-refractivity contribution in [1.29, 1.82) is 0 Å². The van der Waals surface area contributed by atoms with Crippen molar-refractivity contribution in [1.82, 2.24) is 0 Å². The Morgan fingerprint density at radius 3 is 2.04 bits per heavy atom. The van der Waals surface area contributed by atoms with Gasteiger partial charge >= 0.3 is 0 Å². The van der Waals surface area contributed by atoms with Crippen molar-refractivity contribution >= 4 is 29.3 Å². The van der Waals surface area contributed by atoms with Crippen molar-refractivity contribution in [3.63, 3.8) is 0 Å². The minimum Gasteiger partial charge on any atom is -0.497 e. The van der Waals surface area contributed by atoms with Crippen molar-refractivity contribution in [2.75, 3.05) is 17.7 Å². The van der Waals surface area contributed by atoms with Gasteiger partial charge in [-0.3, -0.25) is 9.59 Å². The van der Waals surface area contributed by atoms with Crippen LogP contribution in [0.25, 0.3) is 6.08 Å². The molecule has 0 fully saturated rings. The van der Waals surface area contributed by atoms with E-state index in [1.807, 2.05) is 12.1 Å². The summed E-state index contributed by atoms with van der Waals surface area (Å²) in [6, 6.07) is 14.3. The van der Waals surface area contributed by atoms with Gasteiger partial charge in [0, 0.05) is 24.4 Å². The van der Waals surface area contributed by atoms with E-state index >= 15 is 0 Å². The number of carbonyl (C=O) groups excluding carboxylic acids is 2. The second-order valence-corrected chi connectivity index (χ2v) is 4.85. The molecule has 5 heteroatoms. The third kappa shape index (κ3) is 5.32. The van der Waals surface area contributed by atoms with E-state index in [0.29, 0.717) is 5.69 Å². The molecule has 118 valence electrons. The number of carbonyl (C=O) groups is 2. The molecule has 0 atom stereocenters. The Hall–Kier alpha value is -3.08. The second kappa shape index (κ2) is 7.79. The van der Waals surface area contributed by atoms with E-state index in [9.17, 15) is 9.59 Å². The van der Waals surface area contributed by atoms with Crippen LogP contribution in [0.2, 0.25) is 0 Å². The summed E-state index contributed by atoms with van der Waals surface area (Å²) in [5.74, 6) is 0.395. The van der Waals surface area contributed by atoms with Crippen molar-refractivity contribution in [3.8, 4) is 5.75 Å². The van der Waals surface area contributed by atoms with Gasteiger partial charge in [0.2, 0.25) is 11.8 Å². The summed E-state index contributed by atoms with van der Waals surface area (Å²) in [6.07, 6.45) is 3.16. The summed E-state index contributed by atoms with van der Waals surface area (Å²) >= 11 is 0. The van der Waals surface area contributed by atoms with Gasteiger partial charge < -0.3 is 15.4 Å². The topological polar surface area (TPSA) is 67.4 Å². The molecule has 0 saturated heterocycles. The second-order valence-electron chi connectivity index (χ2n) is 4.85. The van der Waals surface area contributed by atoms with Gasteiger partial charge in [-0.1, -0.05) is 12.1 Å². The summed E-state index contributed by atoms with van der Waals surface area (Å²) in [6.45, 7) is 1.46. The summed E-state index contributed by atoms with van der Waals surface area (Å²) < 4.78 is 5.06. The van der Waals surface area contributed by atoms with Crippen LogP contribution < -0.4 is 15.4 Å². The number of rotatable bonds is 5. The number of hydrogen-bond acceptors (Lipinski definition) is 3. The lowest BCUT2D eigenvalue weighted by Crippen LogP contribution is -2.07. The Bertz CT molecular complexity index is 704. The number of benzene rings is 2. The minimum absolute atomic E-state index is 0.118. The third-order valence-electron chi connectivity index (χ3n) is 3.02. The van der Waals surface area contributed by atoms with Crippen LogP contribution >= 0.6 is 0 Å². The number of ether oxygens (including phenoxy) is 1. The maximum absolute atomic E-state index is 11.9. The quantitative estimate of drug-likeness (QED) is 0.833. The summed E-state index contributed by atoms with van der Waals surface area (Å²) in [7, 11) is 1.59. The Morgan fingerprint density at radius 1 is 0.913 bits per heavy atom. The first-order valence-corrected chi connectivity index (χ1v) is 7.07. The van der Waals surface area contributed by atoms with Crippen LogP contribution in [0.4, 0.5) is 11.4 Å². The molecule has 2 rings (SSSR count). The van der Waals surface area contributed by atoms with Gasteiger partial charge in [0.05, 0.1) is 7.11 Å². The molecule has 0 radical (unpaired) electrons. The molecule has 0 aliphatic heterocycles. The SMILES string of the molecule is COc1ccc(NC(=O)/C=C/c2ccc(NC(C)=O)cc2)cc1. The predicted molar refractivity (Wildman–Crippen MR) is 91.4 cm³/mol. The number of anilines is 2. The molecule has 0 spiro atoms. The van der Waals surface area contributed by atoms with Crippen LogP contribution in [-0.4, -0.2) is 18.9 Å². The minimum atomic E-state index is -0.221. The molecule has 0 aliphatic carbocycles.